The van der Waals surface area contributed by atoms with Crippen molar-refractivity contribution in [3.63, 3.8) is 0 Å². The number of carbonyl (C=O) groups is 1. The van der Waals surface area contributed by atoms with Gasteiger partial charge in [0, 0.05) is 17.5 Å². The molecule has 0 aliphatic rings. The zero-order valence-corrected chi connectivity index (χ0v) is 13.4. The van der Waals surface area contributed by atoms with E-state index in [9.17, 15) is 4.79 Å². The van der Waals surface area contributed by atoms with Crippen LogP contribution < -0.4 is 0 Å². The fraction of sp³-hybridized carbons (Fsp3) is 0.238. The summed E-state index contributed by atoms with van der Waals surface area (Å²) in [6, 6.07) is 20.9. The van der Waals surface area contributed by atoms with E-state index in [2.05, 4.69) is 17.9 Å². The minimum absolute atomic E-state index is 0.0377. The van der Waals surface area contributed by atoms with Crippen LogP contribution in [0.15, 0.2) is 60.7 Å². The van der Waals surface area contributed by atoms with Crippen LogP contribution in [0.5, 0.6) is 0 Å². The minimum atomic E-state index is -0.896. The van der Waals surface area contributed by atoms with E-state index in [4.69, 9.17) is 5.26 Å². The third-order valence-electron chi connectivity index (χ3n) is 4.13. The minimum Gasteiger partial charge on any atom is -0.292 e. The van der Waals surface area contributed by atoms with Crippen LogP contribution in [0.4, 0.5) is 0 Å². The Labute approximate surface area is 137 Å². The average molecular weight is 301 g/mol. The first-order valence-corrected chi connectivity index (χ1v) is 7.63. The standard InChI is InChI=1S/C21H19NO/c1-17(14-16-22)21(2,15-13-18-9-5-3-6-10-18)20(23)19-11-7-4-8-12-19/h3-12,17H,14H2,1-2H3. The molecule has 0 saturated carbocycles. The third kappa shape index (κ3) is 3.87. The highest BCUT2D eigenvalue weighted by molar-refractivity contribution is 6.02. The average Bonchev–Trinajstić information content (AvgIpc) is 2.61. The lowest BCUT2D eigenvalue weighted by molar-refractivity contribution is 0.0821. The predicted octanol–water partition coefficient (Wildman–Crippen LogP) is 4.48. The van der Waals surface area contributed by atoms with Gasteiger partial charge in [-0.25, -0.2) is 0 Å². The molecule has 0 bridgehead atoms. The summed E-state index contributed by atoms with van der Waals surface area (Å²) < 4.78 is 0. The molecule has 0 radical (unpaired) electrons. The zero-order valence-electron chi connectivity index (χ0n) is 13.4. The van der Waals surface area contributed by atoms with Crippen LogP contribution >= 0.6 is 0 Å². The van der Waals surface area contributed by atoms with Gasteiger partial charge in [-0.1, -0.05) is 67.3 Å². The number of nitriles is 1. The smallest absolute Gasteiger partial charge is 0.180 e. The first-order valence-electron chi connectivity index (χ1n) is 7.63. The van der Waals surface area contributed by atoms with Gasteiger partial charge >= 0.3 is 0 Å². The van der Waals surface area contributed by atoms with E-state index in [0.29, 0.717) is 12.0 Å². The molecule has 0 amide bonds. The van der Waals surface area contributed by atoms with E-state index in [1.165, 1.54) is 0 Å². The Hall–Kier alpha value is -2.84. The maximum absolute atomic E-state index is 13.0. The highest BCUT2D eigenvalue weighted by Crippen LogP contribution is 2.33. The van der Waals surface area contributed by atoms with E-state index >= 15 is 0 Å². The van der Waals surface area contributed by atoms with E-state index in [1.54, 1.807) is 12.1 Å². The second-order valence-corrected chi connectivity index (χ2v) is 5.78. The second-order valence-electron chi connectivity index (χ2n) is 5.78. The van der Waals surface area contributed by atoms with Gasteiger partial charge in [-0.15, -0.1) is 0 Å². The van der Waals surface area contributed by atoms with Crippen molar-refractivity contribution in [2.45, 2.75) is 20.3 Å². The molecule has 0 spiro atoms. The van der Waals surface area contributed by atoms with Crippen LogP contribution in [0.2, 0.25) is 0 Å². The Balaban J connectivity index is 2.43. The molecule has 114 valence electrons. The summed E-state index contributed by atoms with van der Waals surface area (Å²) in [5.41, 5.74) is 0.596. The maximum atomic E-state index is 13.0. The summed E-state index contributed by atoms with van der Waals surface area (Å²) in [5, 5.41) is 9.03. The summed E-state index contributed by atoms with van der Waals surface area (Å²) in [5.74, 6) is 6.05. The first kappa shape index (κ1) is 16.5. The molecule has 0 aliphatic carbocycles. The molecule has 0 heterocycles. The topological polar surface area (TPSA) is 40.9 Å². The van der Waals surface area contributed by atoms with Crippen molar-refractivity contribution in [2.75, 3.05) is 0 Å². The molecule has 0 fully saturated rings. The lowest BCUT2D eigenvalue weighted by atomic mass is 9.72. The number of nitrogens with zero attached hydrogens (tertiary/aromatic N) is 1. The molecule has 2 heteroatoms. The number of Topliss-reactive ketones (excluding diaryl/α,β-unsaturated/α-hetero) is 1. The van der Waals surface area contributed by atoms with Crippen LogP contribution in [0, 0.1) is 34.5 Å². The molecule has 2 rings (SSSR count). The van der Waals surface area contributed by atoms with Crippen LogP contribution in [0.25, 0.3) is 0 Å². The summed E-state index contributed by atoms with van der Waals surface area (Å²) >= 11 is 0. The third-order valence-corrected chi connectivity index (χ3v) is 4.13. The highest BCUT2D eigenvalue weighted by atomic mass is 16.1. The van der Waals surface area contributed by atoms with E-state index in [-0.39, 0.29) is 11.7 Å². The predicted molar refractivity (Wildman–Crippen MR) is 91.6 cm³/mol. The van der Waals surface area contributed by atoms with Gasteiger partial charge in [-0.3, -0.25) is 4.79 Å². The number of benzene rings is 2. The van der Waals surface area contributed by atoms with Crippen molar-refractivity contribution in [3.05, 3.63) is 71.8 Å². The monoisotopic (exact) mass is 301 g/mol. The Bertz CT molecular complexity index is 762. The molecule has 2 nitrogen and oxygen atoms in total. The van der Waals surface area contributed by atoms with Gasteiger partial charge in [-0.2, -0.15) is 5.26 Å². The fourth-order valence-electron chi connectivity index (χ4n) is 2.36. The molecule has 2 unspecified atom stereocenters. The number of hydrogen-bond acceptors (Lipinski definition) is 2. The molecule has 0 saturated heterocycles. The van der Waals surface area contributed by atoms with E-state index in [1.807, 2.05) is 62.4 Å². The highest BCUT2D eigenvalue weighted by Gasteiger charge is 2.37. The van der Waals surface area contributed by atoms with Crippen molar-refractivity contribution >= 4 is 5.78 Å². The summed E-state index contributed by atoms with van der Waals surface area (Å²) in [4.78, 5) is 13.0. The molecular weight excluding hydrogens is 282 g/mol. The van der Waals surface area contributed by atoms with Crippen LogP contribution in [0.1, 0.15) is 36.2 Å². The molecule has 2 aromatic rings. The lowest BCUT2D eigenvalue weighted by Crippen LogP contribution is -2.33. The summed E-state index contributed by atoms with van der Waals surface area (Å²) in [7, 11) is 0. The maximum Gasteiger partial charge on any atom is 0.180 e. The quantitative estimate of drug-likeness (QED) is 0.617. The zero-order chi connectivity index (χ0) is 16.7. The fourth-order valence-corrected chi connectivity index (χ4v) is 2.36. The number of carbonyl (C=O) groups excluding carboxylic acids is 1. The van der Waals surface area contributed by atoms with Gasteiger partial charge < -0.3 is 0 Å². The molecule has 0 aromatic heterocycles. The van der Waals surface area contributed by atoms with Crippen LogP contribution in [-0.2, 0) is 0 Å². The largest absolute Gasteiger partial charge is 0.292 e. The Morgan fingerprint density at radius 1 is 1.09 bits per heavy atom. The van der Waals surface area contributed by atoms with E-state index < -0.39 is 5.41 Å². The van der Waals surface area contributed by atoms with Crippen LogP contribution in [0.3, 0.4) is 0 Å². The van der Waals surface area contributed by atoms with Crippen molar-refractivity contribution in [3.8, 4) is 17.9 Å². The van der Waals surface area contributed by atoms with Crippen molar-refractivity contribution in [2.24, 2.45) is 11.3 Å². The number of ketones is 1. The molecule has 0 aliphatic heterocycles. The SMILES string of the molecule is CC(CC#N)C(C)(C#Cc1ccccc1)C(=O)c1ccccc1. The Morgan fingerprint density at radius 3 is 2.22 bits per heavy atom. The van der Waals surface area contributed by atoms with Crippen molar-refractivity contribution in [1.29, 1.82) is 5.26 Å². The molecule has 2 aromatic carbocycles. The lowest BCUT2D eigenvalue weighted by Gasteiger charge is -2.28. The van der Waals surface area contributed by atoms with Crippen molar-refractivity contribution < 1.29 is 4.79 Å². The molecule has 23 heavy (non-hydrogen) atoms. The Morgan fingerprint density at radius 2 is 1.65 bits per heavy atom. The van der Waals surface area contributed by atoms with Gasteiger partial charge in [0.15, 0.2) is 5.78 Å². The Kier molecular flexibility index (Phi) is 5.34. The van der Waals surface area contributed by atoms with Gasteiger partial charge in [-0.05, 0) is 25.0 Å². The second kappa shape index (κ2) is 7.43. The van der Waals surface area contributed by atoms with Crippen molar-refractivity contribution in [1.82, 2.24) is 0 Å². The van der Waals surface area contributed by atoms with Crippen LogP contribution in [-0.4, -0.2) is 5.78 Å². The van der Waals surface area contributed by atoms with Gasteiger partial charge in [0.05, 0.1) is 11.5 Å². The normalized spacial score (nSPS) is 13.8. The van der Waals surface area contributed by atoms with E-state index in [0.717, 1.165) is 5.56 Å². The molecule has 0 N–H and O–H groups in total. The molecule has 2 atom stereocenters. The van der Waals surface area contributed by atoms with Gasteiger partial charge in [0.25, 0.3) is 0 Å². The number of rotatable bonds is 4. The first-order chi connectivity index (χ1) is 11.1. The van der Waals surface area contributed by atoms with Gasteiger partial charge in [0.1, 0.15) is 0 Å². The molecular formula is C21H19NO. The summed E-state index contributed by atoms with van der Waals surface area (Å²) in [6.07, 6.45) is 0.290. The van der Waals surface area contributed by atoms with Gasteiger partial charge in [0.2, 0.25) is 0 Å². The summed E-state index contributed by atoms with van der Waals surface area (Å²) in [6.45, 7) is 3.74. The number of hydrogen-bond donors (Lipinski definition) is 0.